The molecule has 0 saturated carbocycles. The summed E-state index contributed by atoms with van der Waals surface area (Å²) in [6.45, 7) is 1.69. The second kappa shape index (κ2) is 9.17. The van der Waals surface area contributed by atoms with Crippen molar-refractivity contribution >= 4 is 21.8 Å². The fourth-order valence-electron chi connectivity index (χ4n) is 2.77. The Morgan fingerprint density at radius 3 is 2.53 bits per heavy atom. The van der Waals surface area contributed by atoms with Crippen LogP contribution in [0, 0.1) is 18.6 Å². The molecule has 0 saturated heterocycles. The number of aryl methyl sites for hydroxylation is 1. The van der Waals surface area contributed by atoms with Gasteiger partial charge in [0, 0.05) is 24.2 Å². The van der Waals surface area contributed by atoms with E-state index in [1.54, 1.807) is 38.2 Å². The first kappa shape index (κ1) is 21.6. The molecule has 1 N–H and O–H groups in total. The average Bonchev–Trinajstić information content (AvgIpc) is 2.73. The lowest BCUT2D eigenvalue weighted by Gasteiger charge is -2.14. The van der Waals surface area contributed by atoms with Gasteiger partial charge in [-0.15, -0.1) is 0 Å². The first-order valence-electron chi connectivity index (χ1n) is 8.95. The monoisotopic (exact) mass is 477 g/mol. The summed E-state index contributed by atoms with van der Waals surface area (Å²) < 4.78 is 33.8. The highest BCUT2D eigenvalue weighted by molar-refractivity contribution is 9.10. The zero-order chi connectivity index (χ0) is 21.8. The topological polar surface area (TPSA) is 73.2 Å². The molecule has 1 amide bonds. The summed E-state index contributed by atoms with van der Waals surface area (Å²) in [5, 5.41) is 2.55. The van der Waals surface area contributed by atoms with Gasteiger partial charge in [0.25, 0.3) is 11.5 Å². The Hall–Kier alpha value is -3.07. The third-order valence-electron chi connectivity index (χ3n) is 4.44. The molecule has 3 aromatic rings. The summed E-state index contributed by atoms with van der Waals surface area (Å²) in [4.78, 5) is 28.7. The Bertz CT molecular complexity index is 1150. The summed E-state index contributed by atoms with van der Waals surface area (Å²) in [5.41, 5.74) is 1.10. The molecular weight excluding hydrogens is 460 g/mol. The predicted octanol–water partition coefficient (Wildman–Crippen LogP) is 3.58. The minimum atomic E-state index is -0.739. The van der Waals surface area contributed by atoms with E-state index in [4.69, 9.17) is 4.74 Å². The molecule has 9 heteroatoms. The number of benzene rings is 2. The first-order valence-corrected chi connectivity index (χ1v) is 9.74. The van der Waals surface area contributed by atoms with Crippen LogP contribution in [0.5, 0.6) is 5.88 Å². The van der Waals surface area contributed by atoms with Crippen molar-refractivity contribution in [2.45, 2.75) is 20.1 Å². The van der Waals surface area contributed by atoms with Crippen LogP contribution in [0.4, 0.5) is 8.78 Å². The van der Waals surface area contributed by atoms with E-state index in [1.807, 2.05) is 0 Å². The molecule has 156 valence electrons. The molecule has 0 aliphatic heterocycles. The largest absolute Gasteiger partial charge is 0.472 e. The number of carbonyl (C=O) groups excluding carboxylic acids is 1. The Kier molecular flexibility index (Phi) is 6.61. The number of hydrogen-bond acceptors (Lipinski definition) is 4. The molecule has 3 rings (SSSR count). The van der Waals surface area contributed by atoms with E-state index >= 15 is 0 Å². The molecule has 0 bridgehead atoms. The summed E-state index contributed by atoms with van der Waals surface area (Å²) in [6.07, 6.45) is 0. The summed E-state index contributed by atoms with van der Waals surface area (Å²) in [7, 11) is 1.55. The van der Waals surface area contributed by atoms with Crippen LogP contribution in [-0.2, 0) is 13.2 Å². The van der Waals surface area contributed by atoms with E-state index in [0.29, 0.717) is 11.4 Å². The fourth-order valence-corrected chi connectivity index (χ4v) is 3.19. The zero-order valence-corrected chi connectivity index (χ0v) is 17.8. The molecule has 0 unspecified atom stereocenters. The number of hydrogen-bond donors (Lipinski definition) is 1. The molecular formula is C21H18BrF2N3O3. The van der Waals surface area contributed by atoms with Crippen molar-refractivity contribution in [2.75, 3.05) is 7.05 Å². The number of halogens is 3. The Morgan fingerprint density at radius 1 is 1.20 bits per heavy atom. The predicted molar refractivity (Wildman–Crippen MR) is 111 cm³/mol. The SMILES string of the molecule is CNC(=O)c1ccc(Cn2c(C)nc(OCc3ccc(F)cc3F)c(Br)c2=O)cc1. The van der Waals surface area contributed by atoms with Crippen LogP contribution in [0.1, 0.15) is 27.3 Å². The van der Waals surface area contributed by atoms with Crippen LogP contribution in [-0.4, -0.2) is 22.5 Å². The number of rotatable bonds is 6. The van der Waals surface area contributed by atoms with Gasteiger partial charge in [-0.05, 0) is 52.7 Å². The average molecular weight is 478 g/mol. The van der Waals surface area contributed by atoms with Gasteiger partial charge in [-0.1, -0.05) is 12.1 Å². The minimum Gasteiger partial charge on any atom is -0.472 e. The second-order valence-corrected chi connectivity index (χ2v) is 7.26. The highest BCUT2D eigenvalue weighted by Gasteiger charge is 2.15. The maximum atomic E-state index is 13.8. The van der Waals surface area contributed by atoms with Crippen molar-refractivity contribution in [3.8, 4) is 5.88 Å². The van der Waals surface area contributed by atoms with Gasteiger partial charge < -0.3 is 10.1 Å². The van der Waals surface area contributed by atoms with E-state index in [-0.39, 0.29) is 40.5 Å². The molecule has 6 nitrogen and oxygen atoms in total. The van der Waals surface area contributed by atoms with E-state index in [2.05, 4.69) is 26.2 Å². The molecule has 0 aliphatic carbocycles. The third-order valence-corrected chi connectivity index (χ3v) is 5.12. The molecule has 0 aliphatic rings. The minimum absolute atomic E-state index is 0.0208. The number of nitrogens with zero attached hydrogens (tertiary/aromatic N) is 2. The number of ether oxygens (including phenoxy) is 1. The molecule has 0 radical (unpaired) electrons. The zero-order valence-electron chi connectivity index (χ0n) is 16.2. The normalized spacial score (nSPS) is 10.7. The maximum absolute atomic E-state index is 13.8. The molecule has 30 heavy (non-hydrogen) atoms. The standard InChI is InChI=1S/C21H18BrF2N3O3/c1-12-26-20(30-11-15-7-8-16(23)9-17(15)24)18(22)21(29)27(12)10-13-3-5-14(6-4-13)19(28)25-2/h3-9H,10-11H2,1-2H3,(H,25,28). The molecule has 0 fully saturated rings. The molecule has 1 aromatic heterocycles. The first-order chi connectivity index (χ1) is 14.3. The Labute approximate surface area is 179 Å². The summed E-state index contributed by atoms with van der Waals surface area (Å²) in [6, 6.07) is 10.0. The van der Waals surface area contributed by atoms with Crippen LogP contribution in [0.2, 0.25) is 0 Å². The van der Waals surface area contributed by atoms with Crippen LogP contribution in [0.15, 0.2) is 51.7 Å². The number of nitrogens with one attached hydrogen (secondary N) is 1. The fraction of sp³-hybridized carbons (Fsp3) is 0.190. The Morgan fingerprint density at radius 2 is 1.90 bits per heavy atom. The van der Waals surface area contributed by atoms with Gasteiger partial charge in [0.1, 0.15) is 28.5 Å². The molecule has 0 atom stereocenters. The van der Waals surface area contributed by atoms with Gasteiger partial charge in [-0.2, -0.15) is 4.98 Å². The molecule has 2 aromatic carbocycles. The van der Waals surface area contributed by atoms with Gasteiger partial charge >= 0.3 is 0 Å². The van der Waals surface area contributed by atoms with Crippen LogP contribution >= 0.6 is 15.9 Å². The van der Waals surface area contributed by atoms with Crippen molar-refractivity contribution < 1.29 is 18.3 Å². The van der Waals surface area contributed by atoms with Gasteiger partial charge in [-0.25, -0.2) is 8.78 Å². The van der Waals surface area contributed by atoms with Crippen LogP contribution < -0.4 is 15.6 Å². The van der Waals surface area contributed by atoms with Gasteiger partial charge in [0.2, 0.25) is 5.88 Å². The van der Waals surface area contributed by atoms with E-state index in [0.717, 1.165) is 17.7 Å². The number of amides is 1. The highest BCUT2D eigenvalue weighted by Crippen LogP contribution is 2.21. The lowest BCUT2D eigenvalue weighted by atomic mass is 10.1. The van der Waals surface area contributed by atoms with Gasteiger partial charge in [-0.3, -0.25) is 14.2 Å². The van der Waals surface area contributed by atoms with E-state index in [1.165, 1.54) is 10.6 Å². The third kappa shape index (κ3) is 4.73. The van der Waals surface area contributed by atoms with Gasteiger partial charge in [0.15, 0.2) is 0 Å². The maximum Gasteiger partial charge on any atom is 0.272 e. The summed E-state index contributed by atoms with van der Waals surface area (Å²) in [5.74, 6) is -1.20. The molecule has 1 heterocycles. The number of aromatic nitrogens is 2. The van der Waals surface area contributed by atoms with Crippen LogP contribution in [0.25, 0.3) is 0 Å². The smallest absolute Gasteiger partial charge is 0.272 e. The van der Waals surface area contributed by atoms with Crippen molar-refractivity contribution in [2.24, 2.45) is 0 Å². The lowest BCUT2D eigenvalue weighted by molar-refractivity contribution is 0.0963. The number of carbonyl (C=O) groups is 1. The van der Waals surface area contributed by atoms with Crippen molar-refractivity contribution in [3.05, 3.63) is 91.4 Å². The summed E-state index contributed by atoms with van der Waals surface area (Å²) >= 11 is 3.19. The van der Waals surface area contributed by atoms with Crippen LogP contribution in [0.3, 0.4) is 0 Å². The molecule has 0 spiro atoms. The van der Waals surface area contributed by atoms with Crippen molar-refractivity contribution in [1.29, 1.82) is 0 Å². The van der Waals surface area contributed by atoms with Crippen molar-refractivity contribution in [1.82, 2.24) is 14.9 Å². The quantitative estimate of drug-likeness (QED) is 0.588. The van der Waals surface area contributed by atoms with Crippen molar-refractivity contribution in [3.63, 3.8) is 0 Å². The lowest BCUT2D eigenvalue weighted by Crippen LogP contribution is -2.26. The van der Waals surface area contributed by atoms with E-state index in [9.17, 15) is 18.4 Å². The Balaban J connectivity index is 1.80. The second-order valence-electron chi connectivity index (χ2n) is 6.47. The highest BCUT2D eigenvalue weighted by atomic mass is 79.9. The van der Waals surface area contributed by atoms with Gasteiger partial charge in [0.05, 0.1) is 6.54 Å². The van der Waals surface area contributed by atoms with E-state index < -0.39 is 11.6 Å².